The van der Waals surface area contributed by atoms with Crippen molar-refractivity contribution in [3.8, 4) is 5.75 Å². The van der Waals surface area contributed by atoms with Crippen LogP contribution in [-0.4, -0.2) is 54.2 Å². The Kier molecular flexibility index (Phi) is 7.31. The number of hydrogen-bond donors (Lipinski definition) is 2. The SMILES string of the molecule is COc1ccc2c(c1)C(N)C1(CCN(c3cnc(Sc4ccc5c(c4Cl)C(=O)N(CC(C)C)CN5)cn3)CC1)C2. The predicted molar refractivity (Wildman–Crippen MR) is 159 cm³/mol. The number of rotatable bonds is 6. The van der Waals surface area contributed by atoms with Crippen LogP contribution in [0, 0.1) is 11.3 Å². The molecule has 2 aromatic carbocycles. The van der Waals surface area contributed by atoms with E-state index in [1.807, 2.05) is 24.4 Å². The smallest absolute Gasteiger partial charge is 0.258 e. The molecule has 0 saturated carbocycles. The van der Waals surface area contributed by atoms with Gasteiger partial charge in [-0.3, -0.25) is 4.79 Å². The molecule has 1 amide bonds. The first-order chi connectivity index (χ1) is 19.3. The quantitative estimate of drug-likeness (QED) is 0.389. The summed E-state index contributed by atoms with van der Waals surface area (Å²) in [5.74, 6) is 2.07. The van der Waals surface area contributed by atoms with Crippen LogP contribution in [0.4, 0.5) is 11.5 Å². The zero-order valence-electron chi connectivity index (χ0n) is 23.1. The summed E-state index contributed by atoms with van der Waals surface area (Å²) in [7, 11) is 1.70. The lowest BCUT2D eigenvalue weighted by Crippen LogP contribution is -2.44. The van der Waals surface area contributed by atoms with E-state index in [1.165, 1.54) is 22.9 Å². The van der Waals surface area contributed by atoms with Gasteiger partial charge in [-0.15, -0.1) is 0 Å². The maximum Gasteiger partial charge on any atom is 0.258 e. The van der Waals surface area contributed by atoms with E-state index in [0.717, 1.165) is 59.5 Å². The first kappa shape index (κ1) is 27.2. The fourth-order valence-electron chi connectivity index (χ4n) is 6.27. The minimum absolute atomic E-state index is 0.0190. The van der Waals surface area contributed by atoms with Crippen LogP contribution in [0.3, 0.4) is 0 Å². The van der Waals surface area contributed by atoms with E-state index in [9.17, 15) is 4.79 Å². The Labute approximate surface area is 244 Å². The molecule has 1 aromatic heterocycles. The highest BCUT2D eigenvalue weighted by Crippen LogP contribution is 2.51. The summed E-state index contributed by atoms with van der Waals surface area (Å²) >= 11 is 8.19. The van der Waals surface area contributed by atoms with Crippen molar-refractivity contribution in [2.75, 3.05) is 43.6 Å². The molecule has 0 bridgehead atoms. The fourth-order valence-corrected chi connectivity index (χ4v) is 7.39. The molecule has 0 radical (unpaired) electrons. The number of halogens is 1. The monoisotopic (exact) mass is 578 g/mol. The third kappa shape index (κ3) is 4.88. The highest BCUT2D eigenvalue weighted by atomic mass is 35.5. The highest BCUT2D eigenvalue weighted by molar-refractivity contribution is 7.99. The van der Waals surface area contributed by atoms with Gasteiger partial charge in [0.1, 0.15) is 16.6 Å². The van der Waals surface area contributed by atoms with Crippen LogP contribution in [0.15, 0.2) is 52.6 Å². The third-order valence-electron chi connectivity index (χ3n) is 8.46. The van der Waals surface area contributed by atoms with Gasteiger partial charge in [-0.2, -0.15) is 0 Å². The molecule has 1 unspecified atom stereocenters. The molecular weight excluding hydrogens is 544 g/mol. The number of carbonyl (C=O) groups excluding carboxylic acids is 1. The number of fused-ring (bicyclic) bond motifs is 2. The molecule has 210 valence electrons. The van der Waals surface area contributed by atoms with Crippen molar-refractivity contribution in [3.05, 3.63) is 64.4 Å². The van der Waals surface area contributed by atoms with E-state index >= 15 is 0 Å². The van der Waals surface area contributed by atoms with Crippen LogP contribution in [-0.2, 0) is 6.42 Å². The molecule has 1 spiro atoms. The summed E-state index contributed by atoms with van der Waals surface area (Å²) in [6.45, 7) is 7.14. The Morgan fingerprint density at radius 1 is 1.20 bits per heavy atom. The van der Waals surface area contributed by atoms with E-state index in [4.69, 9.17) is 27.1 Å². The van der Waals surface area contributed by atoms with Gasteiger partial charge in [-0.05, 0) is 66.0 Å². The molecule has 6 rings (SSSR count). The maximum atomic E-state index is 13.1. The number of nitrogens with one attached hydrogen (secondary N) is 1. The molecule has 1 saturated heterocycles. The molecule has 1 atom stereocenters. The second kappa shape index (κ2) is 10.8. The second-order valence-electron chi connectivity index (χ2n) is 11.4. The van der Waals surface area contributed by atoms with Crippen LogP contribution < -0.4 is 20.7 Å². The third-order valence-corrected chi connectivity index (χ3v) is 9.94. The van der Waals surface area contributed by atoms with Crippen LogP contribution in [0.1, 0.15) is 54.2 Å². The molecule has 3 heterocycles. The molecule has 3 N–H and O–H groups in total. The topological polar surface area (TPSA) is 96.6 Å². The number of aromatic nitrogens is 2. The Balaban J connectivity index is 1.12. The van der Waals surface area contributed by atoms with Crippen LogP contribution >= 0.6 is 23.4 Å². The zero-order valence-corrected chi connectivity index (χ0v) is 24.7. The van der Waals surface area contributed by atoms with Gasteiger partial charge in [0.05, 0.1) is 36.8 Å². The van der Waals surface area contributed by atoms with Gasteiger partial charge in [-0.1, -0.05) is 43.3 Å². The summed E-state index contributed by atoms with van der Waals surface area (Å²) in [6, 6.07) is 10.2. The number of nitrogens with zero attached hydrogens (tertiary/aromatic N) is 4. The minimum Gasteiger partial charge on any atom is -0.497 e. The molecule has 8 nitrogen and oxygen atoms in total. The summed E-state index contributed by atoms with van der Waals surface area (Å²) in [5, 5.41) is 4.50. The van der Waals surface area contributed by atoms with Crippen LogP contribution in [0.25, 0.3) is 0 Å². The van der Waals surface area contributed by atoms with Crippen molar-refractivity contribution >= 4 is 40.8 Å². The van der Waals surface area contributed by atoms with Gasteiger partial charge in [0.2, 0.25) is 0 Å². The maximum absolute atomic E-state index is 13.1. The number of nitrogens with two attached hydrogens (primary N) is 1. The molecule has 3 aromatic rings. The van der Waals surface area contributed by atoms with Gasteiger partial charge in [0.15, 0.2) is 0 Å². The van der Waals surface area contributed by atoms with Crippen molar-refractivity contribution in [1.82, 2.24) is 14.9 Å². The average molecular weight is 579 g/mol. The Morgan fingerprint density at radius 2 is 2.00 bits per heavy atom. The first-order valence-electron chi connectivity index (χ1n) is 13.8. The number of amides is 1. The molecular formula is C30H35ClN6O2S. The van der Waals surface area contributed by atoms with Crippen molar-refractivity contribution < 1.29 is 9.53 Å². The van der Waals surface area contributed by atoms with E-state index in [1.54, 1.807) is 18.2 Å². The lowest BCUT2D eigenvalue weighted by Gasteiger charge is -2.42. The van der Waals surface area contributed by atoms with Gasteiger partial charge < -0.3 is 25.6 Å². The molecule has 3 aliphatic rings. The van der Waals surface area contributed by atoms with E-state index in [0.29, 0.717) is 29.7 Å². The van der Waals surface area contributed by atoms with Crippen molar-refractivity contribution in [3.63, 3.8) is 0 Å². The molecule has 10 heteroatoms. The standard InChI is InChI=1S/C30H35ClN6O2S/c1-18(2)16-37-17-35-22-6-7-23(27(31)26(22)29(37)38)40-25-15-33-24(14-34-25)36-10-8-30(9-11-36)13-19-4-5-20(39-3)12-21(19)28(30)32/h4-7,12,14-15,18,28,35H,8-11,13,16-17,32H2,1-3H3. The summed E-state index contributed by atoms with van der Waals surface area (Å²) in [4.78, 5) is 27.5. The number of anilines is 2. The van der Waals surface area contributed by atoms with Gasteiger partial charge in [-0.25, -0.2) is 9.97 Å². The summed E-state index contributed by atoms with van der Waals surface area (Å²) in [5.41, 5.74) is 10.7. The highest BCUT2D eigenvalue weighted by Gasteiger charge is 2.46. The fraction of sp³-hybridized carbons (Fsp3) is 0.433. The van der Waals surface area contributed by atoms with Crippen molar-refractivity contribution in [2.24, 2.45) is 17.1 Å². The lowest BCUT2D eigenvalue weighted by molar-refractivity contribution is 0.0739. The van der Waals surface area contributed by atoms with Crippen LogP contribution in [0.5, 0.6) is 5.75 Å². The zero-order chi connectivity index (χ0) is 28.0. The summed E-state index contributed by atoms with van der Waals surface area (Å²) in [6.07, 6.45) is 6.64. The first-order valence-corrected chi connectivity index (χ1v) is 15.0. The van der Waals surface area contributed by atoms with Gasteiger partial charge >= 0.3 is 0 Å². The van der Waals surface area contributed by atoms with Crippen LogP contribution in [0.2, 0.25) is 5.02 Å². The largest absolute Gasteiger partial charge is 0.497 e. The number of ether oxygens (including phenoxy) is 1. The van der Waals surface area contributed by atoms with E-state index < -0.39 is 0 Å². The second-order valence-corrected chi connectivity index (χ2v) is 12.9. The number of carbonyl (C=O) groups is 1. The molecule has 1 aliphatic carbocycles. The van der Waals surface area contributed by atoms with E-state index in [2.05, 4.69) is 41.2 Å². The number of piperidine rings is 1. The van der Waals surface area contributed by atoms with E-state index in [-0.39, 0.29) is 17.4 Å². The molecule has 2 aliphatic heterocycles. The number of methoxy groups -OCH3 is 1. The lowest BCUT2D eigenvalue weighted by atomic mass is 9.73. The predicted octanol–water partition coefficient (Wildman–Crippen LogP) is 5.61. The minimum atomic E-state index is -0.0385. The van der Waals surface area contributed by atoms with Gasteiger partial charge in [0, 0.05) is 36.3 Å². The summed E-state index contributed by atoms with van der Waals surface area (Å²) < 4.78 is 5.43. The number of hydrogen-bond acceptors (Lipinski definition) is 8. The van der Waals surface area contributed by atoms with Gasteiger partial charge in [0.25, 0.3) is 5.91 Å². The normalized spacial score (nSPS) is 19.6. The van der Waals surface area contributed by atoms with Crippen molar-refractivity contribution in [2.45, 2.75) is 49.1 Å². The Hall–Kier alpha value is -3.01. The molecule has 40 heavy (non-hydrogen) atoms. The number of benzene rings is 2. The Bertz CT molecular complexity index is 1420. The molecule has 1 fully saturated rings. The Morgan fingerprint density at radius 3 is 2.70 bits per heavy atom. The average Bonchev–Trinajstić information content (AvgIpc) is 3.22. The van der Waals surface area contributed by atoms with Crippen molar-refractivity contribution in [1.29, 1.82) is 0 Å².